The Morgan fingerprint density at radius 2 is 1.88 bits per heavy atom. The Balaban J connectivity index is 2.78. The molecular weight excluding hydrogens is 272 g/mol. The number of hydrogen-bond acceptors (Lipinski definition) is 3. The number of hydrogen-bond donors (Lipinski definition) is 0. The lowest BCUT2D eigenvalue weighted by molar-refractivity contribution is -0.145. The number of ether oxygens (including phenoxy) is 1. The third kappa shape index (κ3) is 3.17. The lowest BCUT2D eigenvalue weighted by Gasteiger charge is -2.09. The largest absolute Gasteiger partial charge is 0.465 e. The lowest BCUT2D eigenvalue weighted by Crippen LogP contribution is -2.23. The van der Waals surface area contributed by atoms with Gasteiger partial charge in [0, 0.05) is 10.0 Å². The van der Waals surface area contributed by atoms with Gasteiger partial charge >= 0.3 is 5.97 Å². The highest BCUT2D eigenvalue weighted by atomic mass is 79.9. The molecule has 0 heterocycles. The van der Waals surface area contributed by atoms with Crippen LogP contribution in [0.4, 0.5) is 0 Å². The van der Waals surface area contributed by atoms with Gasteiger partial charge in [0.15, 0.2) is 5.78 Å². The molecular formula is C12H13BrO3. The molecule has 0 saturated carbocycles. The maximum atomic E-state index is 11.9. The minimum Gasteiger partial charge on any atom is -0.465 e. The second-order valence-corrected chi connectivity index (χ2v) is 4.26. The Hall–Kier alpha value is -1.16. The average Bonchev–Trinajstić information content (AvgIpc) is 2.28. The first-order chi connectivity index (χ1) is 7.56. The highest BCUT2D eigenvalue weighted by Gasteiger charge is 2.23. The number of ketones is 1. The normalized spacial score (nSPS) is 11.9. The number of carbonyl (C=O) groups excluding carboxylic acids is 2. The van der Waals surface area contributed by atoms with Gasteiger partial charge in [-0.3, -0.25) is 9.59 Å². The molecule has 1 aromatic rings. The minimum absolute atomic E-state index is 0.217. The lowest BCUT2D eigenvalue weighted by atomic mass is 10.00. The van der Waals surface area contributed by atoms with Crippen molar-refractivity contribution in [2.75, 3.05) is 6.61 Å². The monoisotopic (exact) mass is 284 g/mol. The fraction of sp³-hybridized carbons (Fsp3) is 0.333. The zero-order valence-electron chi connectivity index (χ0n) is 9.20. The van der Waals surface area contributed by atoms with Crippen molar-refractivity contribution in [3.63, 3.8) is 0 Å². The Bertz CT molecular complexity index is 384. The number of halogens is 1. The molecule has 1 unspecified atom stereocenters. The van der Waals surface area contributed by atoms with Gasteiger partial charge in [-0.05, 0) is 26.0 Å². The highest BCUT2D eigenvalue weighted by molar-refractivity contribution is 9.10. The van der Waals surface area contributed by atoms with Crippen LogP contribution in [0.3, 0.4) is 0 Å². The molecule has 0 aliphatic carbocycles. The quantitative estimate of drug-likeness (QED) is 0.485. The van der Waals surface area contributed by atoms with Gasteiger partial charge in [0.25, 0.3) is 0 Å². The molecule has 1 atom stereocenters. The standard InChI is InChI=1S/C12H13BrO3/c1-3-16-12(15)8(2)11(14)9-4-6-10(13)7-5-9/h4-8H,3H2,1-2H3. The van der Waals surface area contributed by atoms with Crippen LogP contribution in [0, 0.1) is 5.92 Å². The summed E-state index contributed by atoms with van der Waals surface area (Å²) in [6.07, 6.45) is 0. The predicted octanol–water partition coefficient (Wildman–Crippen LogP) is 2.83. The molecule has 86 valence electrons. The van der Waals surface area contributed by atoms with Gasteiger partial charge in [0.05, 0.1) is 6.61 Å². The van der Waals surface area contributed by atoms with Gasteiger partial charge in [-0.15, -0.1) is 0 Å². The summed E-state index contributed by atoms with van der Waals surface area (Å²) in [5.41, 5.74) is 0.517. The number of carbonyl (C=O) groups is 2. The van der Waals surface area contributed by atoms with E-state index in [0.29, 0.717) is 5.56 Å². The molecule has 0 aromatic heterocycles. The van der Waals surface area contributed by atoms with Crippen molar-refractivity contribution >= 4 is 27.7 Å². The summed E-state index contributed by atoms with van der Waals surface area (Å²) in [6.45, 7) is 3.56. The third-order valence-electron chi connectivity index (χ3n) is 2.16. The van der Waals surface area contributed by atoms with Gasteiger partial charge in [-0.2, -0.15) is 0 Å². The van der Waals surface area contributed by atoms with Crippen molar-refractivity contribution < 1.29 is 14.3 Å². The number of Topliss-reactive ketones (excluding diaryl/α,β-unsaturated/α-hetero) is 1. The Morgan fingerprint density at radius 1 is 1.31 bits per heavy atom. The first-order valence-corrected chi connectivity index (χ1v) is 5.82. The van der Waals surface area contributed by atoms with Crippen LogP contribution in [0.2, 0.25) is 0 Å². The molecule has 16 heavy (non-hydrogen) atoms. The molecule has 0 aliphatic heterocycles. The highest BCUT2D eigenvalue weighted by Crippen LogP contribution is 2.14. The van der Waals surface area contributed by atoms with Crippen molar-refractivity contribution in [1.29, 1.82) is 0 Å². The van der Waals surface area contributed by atoms with Crippen molar-refractivity contribution in [2.24, 2.45) is 5.92 Å². The number of esters is 1. The molecule has 0 aliphatic rings. The van der Waals surface area contributed by atoms with E-state index in [1.807, 2.05) is 0 Å². The zero-order chi connectivity index (χ0) is 12.1. The van der Waals surface area contributed by atoms with Gasteiger partial charge in [0.2, 0.25) is 0 Å². The second-order valence-electron chi connectivity index (χ2n) is 3.34. The maximum absolute atomic E-state index is 11.9. The fourth-order valence-electron chi connectivity index (χ4n) is 1.24. The predicted molar refractivity (Wildman–Crippen MR) is 64.3 cm³/mol. The Labute approximate surface area is 103 Å². The van der Waals surface area contributed by atoms with E-state index in [4.69, 9.17) is 4.74 Å². The SMILES string of the molecule is CCOC(=O)C(C)C(=O)c1ccc(Br)cc1. The van der Waals surface area contributed by atoms with E-state index >= 15 is 0 Å². The van der Waals surface area contributed by atoms with E-state index in [2.05, 4.69) is 15.9 Å². The third-order valence-corrected chi connectivity index (χ3v) is 2.69. The summed E-state index contributed by atoms with van der Waals surface area (Å²) in [6, 6.07) is 6.90. The molecule has 1 aromatic carbocycles. The van der Waals surface area contributed by atoms with Gasteiger partial charge in [-0.25, -0.2) is 0 Å². The van der Waals surface area contributed by atoms with Crippen LogP contribution in [-0.4, -0.2) is 18.4 Å². The van der Waals surface area contributed by atoms with Crippen LogP contribution in [0.1, 0.15) is 24.2 Å². The summed E-state index contributed by atoms with van der Waals surface area (Å²) in [5.74, 6) is -1.44. The van der Waals surface area contributed by atoms with E-state index < -0.39 is 11.9 Å². The van der Waals surface area contributed by atoms with E-state index in [1.54, 1.807) is 38.1 Å². The molecule has 4 heteroatoms. The average molecular weight is 285 g/mol. The van der Waals surface area contributed by atoms with E-state index in [1.165, 1.54) is 0 Å². The number of rotatable bonds is 4. The van der Waals surface area contributed by atoms with E-state index in [9.17, 15) is 9.59 Å². The Morgan fingerprint density at radius 3 is 2.38 bits per heavy atom. The summed E-state index contributed by atoms with van der Waals surface area (Å²) in [7, 11) is 0. The molecule has 0 saturated heterocycles. The van der Waals surface area contributed by atoms with E-state index in [0.717, 1.165) is 4.47 Å². The summed E-state index contributed by atoms with van der Waals surface area (Å²) < 4.78 is 5.70. The van der Waals surface area contributed by atoms with Crippen molar-refractivity contribution in [3.8, 4) is 0 Å². The van der Waals surface area contributed by atoms with Gasteiger partial charge in [-0.1, -0.05) is 28.1 Å². The molecule has 0 N–H and O–H groups in total. The van der Waals surface area contributed by atoms with Crippen LogP contribution < -0.4 is 0 Å². The van der Waals surface area contributed by atoms with Crippen molar-refractivity contribution in [1.82, 2.24) is 0 Å². The van der Waals surface area contributed by atoms with Crippen molar-refractivity contribution in [3.05, 3.63) is 34.3 Å². The van der Waals surface area contributed by atoms with Crippen LogP contribution in [0.5, 0.6) is 0 Å². The zero-order valence-corrected chi connectivity index (χ0v) is 10.8. The van der Waals surface area contributed by atoms with E-state index in [-0.39, 0.29) is 12.4 Å². The molecule has 3 nitrogen and oxygen atoms in total. The topological polar surface area (TPSA) is 43.4 Å². The maximum Gasteiger partial charge on any atom is 0.316 e. The number of benzene rings is 1. The molecule has 0 radical (unpaired) electrons. The van der Waals surface area contributed by atoms with Crippen LogP contribution in [0.15, 0.2) is 28.7 Å². The van der Waals surface area contributed by atoms with Crippen molar-refractivity contribution in [2.45, 2.75) is 13.8 Å². The van der Waals surface area contributed by atoms with Crippen LogP contribution in [-0.2, 0) is 9.53 Å². The summed E-state index contributed by atoms with van der Waals surface area (Å²) in [4.78, 5) is 23.2. The van der Waals surface area contributed by atoms with Gasteiger partial charge < -0.3 is 4.74 Å². The summed E-state index contributed by atoms with van der Waals surface area (Å²) >= 11 is 3.28. The molecule has 1 rings (SSSR count). The van der Waals surface area contributed by atoms with Crippen LogP contribution >= 0.6 is 15.9 Å². The second kappa shape index (κ2) is 5.80. The first-order valence-electron chi connectivity index (χ1n) is 5.02. The molecule has 0 bridgehead atoms. The summed E-state index contributed by atoms with van der Waals surface area (Å²) in [5, 5.41) is 0. The van der Waals surface area contributed by atoms with Gasteiger partial charge in [0.1, 0.15) is 5.92 Å². The minimum atomic E-state index is -0.749. The Kier molecular flexibility index (Phi) is 4.68. The molecule has 0 fully saturated rings. The molecule has 0 spiro atoms. The fourth-order valence-corrected chi connectivity index (χ4v) is 1.50. The smallest absolute Gasteiger partial charge is 0.316 e. The molecule has 0 amide bonds. The van der Waals surface area contributed by atoms with Crippen LogP contribution in [0.25, 0.3) is 0 Å². The first kappa shape index (κ1) is 12.9.